The molecule has 1 aromatic carbocycles. The minimum Gasteiger partial charge on any atom is -0.478 e. The number of benzene rings is 1. The van der Waals surface area contributed by atoms with Crippen LogP contribution in [0.5, 0.6) is 0 Å². The van der Waals surface area contributed by atoms with Crippen LogP contribution in [0.4, 0.5) is 0 Å². The third-order valence-corrected chi connectivity index (χ3v) is 5.18. The van der Waals surface area contributed by atoms with Crippen LogP contribution in [0.1, 0.15) is 77.6 Å². The molecule has 23 heavy (non-hydrogen) atoms. The third-order valence-electron chi connectivity index (χ3n) is 5.18. The number of rotatable bonds is 3. The molecule has 3 rings (SSSR count). The first kappa shape index (κ1) is 17.5. The number of hydrogen-bond acceptors (Lipinski definition) is 2. The Labute approximate surface area is 137 Å². The highest BCUT2D eigenvalue weighted by Gasteiger charge is 2.26. The van der Waals surface area contributed by atoms with Crippen molar-refractivity contribution in [1.82, 2.24) is 0 Å². The quantitative estimate of drug-likeness (QED) is 0.842. The van der Waals surface area contributed by atoms with Crippen LogP contribution in [-0.4, -0.2) is 22.2 Å². The highest BCUT2D eigenvalue weighted by atomic mass is 16.4. The molecule has 2 saturated carbocycles. The predicted molar refractivity (Wildman–Crippen MR) is 89.0 cm³/mol. The molecule has 4 nitrogen and oxygen atoms in total. The lowest BCUT2D eigenvalue weighted by atomic mass is 9.90. The van der Waals surface area contributed by atoms with E-state index in [1.165, 1.54) is 37.8 Å². The van der Waals surface area contributed by atoms with Crippen molar-refractivity contribution < 1.29 is 19.8 Å². The summed E-state index contributed by atoms with van der Waals surface area (Å²) in [6, 6.07) is 4.01. The summed E-state index contributed by atoms with van der Waals surface area (Å²) >= 11 is 0. The largest absolute Gasteiger partial charge is 0.478 e. The maximum absolute atomic E-state index is 10.6. The maximum Gasteiger partial charge on any atom is 0.335 e. The van der Waals surface area contributed by atoms with Gasteiger partial charge in [0, 0.05) is 0 Å². The van der Waals surface area contributed by atoms with Crippen molar-refractivity contribution in [2.45, 2.75) is 58.3 Å². The molecule has 2 N–H and O–H groups in total. The lowest BCUT2D eigenvalue weighted by Crippen LogP contribution is -2.06. The van der Waals surface area contributed by atoms with E-state index in [2.05, 4.69) is 0 Å². The maximum atomic E-state index is 10.6. The van der Waals surface area contributed by atoms with E-state index in [0.29, 0.717) is 5.56 Å². The molecular formula is C19H26O4. The van der Waals surface area contributed by atoms with Gasteiger partial charge in [0.25, 0.3) is 0 Å². The van der Waals surface area contributed by atoms with Gasteiger partial charge in [-0.2, -0.15) is 0 Å². The average molecular weight is 318 g/mol. The van der Waals surface area contributed by atoms with E-state index in [1.54, 1.807) is 32.6 Å². The van der Waals surface area contributed by atoms with E-state index in [-0.39, 0.29) is 11.1 Å². The fraction of sp³-hybridized carbons (Fsp3) is 0.579. The van der Waals surface area contributed by atoms with Gasteiger partial charge in [0.1, 0.15) is 0 Å². The second-order valence-corrected chi connectivity index (χ2v) is 6.73. The van der Waals surface area contributed by atoms with E-state index >= 15 is 0 Å². The molecule has 126 valence electrons. The van der Waals surface area contributed by atoms with Crippen LogP contribution < -0.4 is 0 Å². The van der Waals surface area contributed by atoms with Gasteiger partial charge in [0.05, 0.1) is 11.1 Å². The summed E-state index contributed by atoms with van der Waals surface area (Å²) in [6.07, 6.45) is 12.4. The van der Waals surface area contributed by atoms with Gasteiger partial charge in [0.15, 0.2) is 0 Å². The number of carboxylic acids is 2. The Balaban J connectivity index is 0.000000172. The standard InChI is InChI=1S/C10H18.C9H8O4/c1-2-6-9(5-1)10-7-3-4-8-10;1-5-2-3-6(8(10)11)4-7(5)9(12)13/h9-10H,1-8H2;2-4H,1H3,(H,10,11)(H,12,13). The molecule has 0 unspecified atom stereocenters. The molecule has 0 saturated heterocycles. The van der Waals surface area contributed by atoms with Gasteiger partial charge < -0.3 is 10.2 Å². The topological polar surface area (TPSA) is 74.6 Å². The molecule has 0 amide bonds. The first-order valence-corrected chi connectivity index (χ1v) is 8.56. The Hall–Kier alpha value is -1.84. The summed E-state index contributed by atoms with van der Waals surface area (Å²) in [5.41, 5.74) is 0.570. The van der Waals surface area contributed by atoms with E-state index in [0.717, 1.165) is 17.9 Å². The molecule has 2 aliphatic rings. The third kappa shape index (κ3) is 4.81. The zero-order valence-corrected chi connectivity index (χ0v) is 13.8. The Bertz CT molecular complexity index is 538. The fourth-order valence-electron chi connectivity index (χ4n) is 3.84. The van der Waals surface area contributed by atoms with Crippen molar-refractivity contribution in [2.75, 3.05) is 0 Å². The highest BCUT2D eigenvalue weighted by Crippen LogP contribution is 2.39. The van der Waals surface area contributed by atoms with Gasteiger partial charge in [-0.05, 0) is 36.5 Å². The van der Waals surface area contributed by atoms with Crippen molar-refractivity contribution in [3.8, 4) is 0 Å². The summed E-state index contributed by atoms with van der Waals surface area (Å²) in [5, 5.41) is 17.3. The van der Waals surface area contributed by atoms with Crippen LogP contribution >= 0.6 is 0 Å². The number of hydrogen-bond donors (Lipinski definition) is 2. The molecule has 0 heterocycles. The first-order valence-electron chi connectivity index (χ1n) is 8.56. The van der Waals surface area contributed by atoms with Crippen molar-refractivity contribution in [3.63, 3.8) is 0 Å². The zero-order valence-electron chi connectivity index (χ0n) is 13.8. The molecule has 2 aliphatic carbocycles. The molecule has 0 aliphatic heterocycles. The molecular weight excluding hydrogens is 292 g/mol. The molecule has 1 aromatic rings. The van der Waals surface area contributed by atoms with Crippen molar-refractivity contribution in [1.29, 1.82) is 0 Å². The van der Waals surface area contributed by atoms with Crippen molar-refractivity contribution in [2.24, 2.45) is 11.8 Å². The first-order chi connectivity index (χ1) is 11.0. The van der Waals surface area contributed by atoms with Gasteiger partial charge in [-0.25, -0.2) is 9.59 Å². The SMILES string of the molecule is C1CCC(C2CCCC2)C1.Cc1ccc(C(=O)O)cc1C(=O)O. The van der Waals surface area contributed by atoms with Crippen LogP contribution in [0.15, 0.2) is 18.2 Å². The van der Waals surface area contributed by atoms with Crippen LogP contribution in [0.25, 0.3) is 0 Å². The lowest BCUT2D eigenvalue weighted by molar-refractivity contribution is 0.0695. The second kappa shape index (κ2) is 8.14. The van der Waals surface area contributed by atoms with Crippen LogP contribution in [0.3, 0.4) is 0 Å². The van der Waals surface area contributed by atoms with E-state index in [4.69, 9.17) is 10.2 Å². The van der Waals surface area contributed by atoms with Gasteiger partial charge in [-0.15, -0.1) is 0 Å². The average Bonchev–Trinajstić information content (AvgIpc) is 3.21. The number of carbonyl (C=O) groups is 2. The molecule has 4 heteroatoms. The zero-order chi connectivity index (χ0) is 16.8. The summed E-state index contributed by atoms with van der Waals surface area (Å²) in [4.78, 5) is 21.1. The number of aromatic carboxylic acids is 2. The van der Waals surface area contributed by atoms with Gasteiger partial charge in [0.2, 0.25) is 0 Å². The summed E-state index contributed by atoms with van der Waals surface area (Å²) in [6.45, 7) is 1.62. The second-order valence-electron chi connectivity index (χ2n) is 6.73. The molecule has 0 atom stereocenters. The summed E-state index contributed by atoms with van der Waals surface area (Å²) in [5.74, 6) is 0.0769. The summed E-state index contributed by atoms with van der Waals surface area (Å²) in [7, 11) is 0. The smallest absolute Gasteiger partial charge is 0.335 e. The molecule has 0 aromatic heterocycles. The summed E-state index contributed by atoms with van der Waals surface area (Å²) < 4.78 is 0. The Morgan fingerprint density at radius 1 is 0.870 bits per heavy atom. The van der Waals surface area contributed by atoms with E-state index < -0.39 is 11.9 Å². The minimum absolute atomic E-state index is 0.0111. The molecule has 0 bridgehead atoms. The van der Waals surface area contributed by atoms with E-state index in [9.17, 15) is 9.59 Å². The molecule has 0 spiro atoms. The predicted octanol–water partition coefficient (Wildman–Crippen LogP) is 4.76. The Morgan fingerprint density at radius 3 is 1.74 bits per heavy atom. The van der Waals surface area contributed by atoms with Crippen LogP contribution in [0.2, 0.25) is 0 Å². The van der Waals surface area contributed by atoms with Crippen LogP contribution in [0, 0.1) is 18.8 Å². The normalized spacial score (nSPS) is 18.5. The van der Waals surface area contributed by atoms with Crippen molar-refractivity contribution in [3.05, 3.63) is 34.9 Å². The van der Waals surface area contributed by atoms with Gasteiger partial charge >= 0.3 is 11.9 Å². The van der Waals surface area contributed by atoms with E-state index in [1.807, 2.05) is 0 Å². The lowest BCUT2D eigenvalue weighted by Gasteiger charge is -2.16. The highest BCUT2D eigenvalue weighted by molar-refractivity contribution is 5.94. The number of carboxylic acid groups (broad SMARTS) is 2. The molecule has 2 fully saturated rings. The number of aryl methyl sites for hydroxylation is 1. The van der Waals surface area contributed by atoms with Crippen LogP contribution in [-0.2, 0) is 0 Å². The Morgan fingerprint density at radius 2 is 1.35 bits per heavy atom. The van der Waals surface area contributed by atoms with Gasteiger partial charge in [-0.1, -0.05) is 57.4 Å². The fourth-order valence-corrected chi connectivity index (χ4v) is 3.84. The molecule has 0 radical (unpaired) electrons. The van der Waals surface area contributed by atoms with Gasteiger partial charge in [-0.3, -0.25) is 0 Å². The minimum atomic E-state index is -1.12. The van der Waals surface area contributed by atoms with Crippen molar-refractivity contribution >= 4 is 11.9 Å². The Kier molecular flexibility index (Phi) is 6.20. The monoisotopic (exact) mass is 318 g/mol.